The zero-order valence-corrected chi connectivity index (χ0v) is 7.91. The minimum atomic E-state index is 0.167. The Labute approximate surface area is 82.0 Å². The first-order valence-corrected chi connectivity index (χ1v) is 4.09. The van der Waals surface area contributed by atoms with Gasteiger partial charge in [0.1, 0.15) is 5.75 Å². The van der Waals surface area contributed by atoms with Crippen LogP contribution in [-0.2, 0) is 4.79 Å². The van der Waals surface area contributed by atoms with Crippen LogP contribution >= 0.6 is 0 Å². The number of carbonyl (C=O) groups is 1. The van der Waals surface area contributed by atoms with E-state index in [9.17, 15) is 4.79 Å². The van der Waals surface area contributed by atoms with Gasteiger partial charge in [0, 0.05) is 5.69 Å². The average Bonchev–Trinajstić information content (AvgIpc) is 2.89. The van der Waals surface area contributed by atoms with Crippen LogP contribution < -0.4 is 21.5 Å². The molecule has 1 amide bonds. The minimum absolute atomic E-state index is 0.167. The van der Waals surface area contributed by atoms with Crippen molar-refractivity contribution < 1.29 is 9.53 Å². The number of nitrogens with one attached hydrogen (secondary N) is 1. The van der Waals surface area contributed by atoms with Crippen molar-refractivity contribution in [2.75, 3.05) is 25.1 Å². The number of nitrogens with two attached hydrogens (primary N) is 2. The van der Waals surface area contributed by atoms with Crippen molar-refractivity contribution in [3.63, 3.8) is 0 Å². The molecule has 1 saturated heterocycles. The van der Waals surface area contributed by atoms with E-state index in [1.54, 1.807) is 25.3 Å². The van der Waals surface area contributed by atoms with Crippen LogP contribution in [0.3, 0.4) is 0 Å². The lowest BCUT2D eigenvalue weighted by Gasteiger charge is -2.03. The van der Waals surface area contributed by atoms with Gasteiger partial charge in [-0.25, -0.2) is 0 Å². The van der Waals surface area contributed by atoms with E-state index >= 15 is 0 Å². The molecule has 5 heteroatoms. The van der Waals surface area contributed by atoms with Gasteiger partial charge in [-0.3, -0.25) is 4.79 Å². The number of amides is 1. The van der Waals surface area contributed by atoms with Crippen LogP contribution in [0, 0.1) is 0 Å². The first-order valence-electron chi connectivity index (χ1n) is 4.09. The fraction of sp³-hybridized carbons (Fsp3) is 0.222. The molecule has 1 aliphatic rings. The van der Waals surface area contributed by atoms with Gasteiger partial charge in [-0.15, -0.1) is 0 Å². The van der Waals surface area contributed by atoms with Crippen molar-refractivity contribution in [1.29, 1.82) is 0 Å². The maximum atomic E-state index is 9.44. The van der Waals surface area contributed by atoms with E-state index in [4.69, 9.17) is 16.2 Å². The summed E-state index contributed by atoms with van der Waals surface area (Å²) in [6.45, 7) is 0.597. The Hall–Kier alpha value is -1.91. The van der Waals surface area contributed by atoms with Crippen LogP contribution in [0.15, 0.2) is 18.2 Å². The molecule has 1 aliphatic heterocycles. The Bertz CT molecular complexity index is 333. The molecule has 0 aliphatic carbocycles. The van der Waals surface area contributed by atoms with Crippen LogP contribution in [0.25, 0.3) is 0 Å². The molecule has 14 heavy (non-hydrogen) atoms. The molecule has 1 aromatic carbocycles. The quantitative estimate of drug-likeness (QED) is 0.433. The molecule has 0 spiro atoms. The van der Waals surface area contributed by atoms with Gasteiger partial charge in [-0.05, 0) is 18.2 Å². The van der Waals surface area contributed by atoms with Gasteiger partial charge in [0.2, 0.25) is 5.91 Å². The highest BCUT2D eigenvalue weighted by Crippen LogP contribution is 2.22. The number of anilines is 2. The molecule has 1 heterocycles. The van der Waals surface area contributed by atoms with E-state index in [0.717, 1.165) is 0 Å². The fourth-order valence-corrected chi connectivity index (χ4v) is 0.789. The highest BCUT2D eigenvalue weighted by atomic mass is 16.5. The van der Waals surface area contributed by atoms with Crippen LogP contribution in [-0.4, -0.2) is 19.6 Å². The van der Waals surface area contributed by atoms with Crippen molar-refractivity contribution in [2.24, 2.45) is 0 Å². The van der Waals surface area contributed by atoms with Crippen LogP contribution in [0.1, 0.15) is 0 Å². The van der Waals surface area contributed by atoms with Gasteiger partial charge >= 0.3 is 0 Å². The number of nitrogen functional groups attached to an aromatic ring is 2. The SMILES string of the molecule is COc1ccc(N)cc1N.O=C1CN1. The summed E-state index contributed by atoms with van der Waals surface area (Å²) in [6.07, 6.45) is 0. The predicted molar refractivity (Wildman–Crippen MR) is 54.8 cm³/mol. The van der Waals surface area contributed by atoms with Crippen LogP contribution in [0.5, 0.6) is 5.75 Å². The van der Waals surface area contributed by atoms with E-state index < -0.39 is 0 Å². The average molecular weight is 195 g/mol. The third-order valence-electron chi connectivity index (χ3n) is 1.57. The highest BCUT2D eigenvalue weighted by Gasteiger charge is 2.10. The number of benzene rings is 1. The summed E-state index contributed by atoms with van der Waals surface area (Å²) in [4.78, 5) is 9.44. The van der Waals surface area contributed by atoms with Gasteiger partial charge in [-0.2, -0.15) is 0 Å². The third kappa shape index (κ3) is 3.22. The predicted octanol–water partition coefficient (Wildman–Crippen LogP) is -0.0242. The Balaban J connectivity index is 0.000000203. The van der Waals surface area contributed by atoms with Gasteiger partial charge in [0.05, 0.1) is 19.3 Å². The van der Waals surface area contributed by atoms with Crippen molar-refractivity contribution in [2.45, 2.75) is 0 Å². The lowest BCUT2D eigenvalue weighted by Crippen LogP contribution is -1.93. The molecule has 5 nitrogen and oxygen atoms in total. The second-order valence-electron chi connectivity index (χ2n) is 2.78. The van der Waals surface area contributed by atoms with E-state index in [0.29, 0.717) is 23.7 Å². The molecule has 1 fully saturated rings. The molecule has 1 aromatic rings. The number of hydrogen-bond donors (Lipinski definition) is 3. The molecular weight excluding hydrogens is 182 g/mol. The number of carbonyl (C=O) groups excluding carboxylic acids is 1. The first kappa shape index (κ1) is 10.2. The maximum absolute atomic E-state index is 9.44. The number of hydrogen-bond acceptors (Lipinski definition) is 4. The highest BCUT2D eigenvalue weighted by molar-refractivity contribution is 5.91. The molecule has 2 rings (SSSR count). The number of rotatable bonds is 1. The molecule has 0 saturated carbocycles. The maximum Gasteiger partial charge on any atom is 0.239 e. The van der Waals surface area contributed by atoms with E-state index in [2.05, 4.69) is 5.32 Å². The normalized spacial score (nSPS) is 12.2. The second kappa shape index (κ2) is 4.36. The Kier molecular flexibility index (Phi) is 3.17. The summed E-state index contributed by atoms with van der Waals surface area (Å²) in [5, 5.41) is 2.46. The molecule has 0 unspecified atom stereocenters. The molecule has 5 N–H and O–H groups in total. The summed E-state index contributed by atoms with van der Waals surface area (Å²) in [6, 6.07) is 5.15. The number of methoxy groups -OCH3 is 1. The van der Waals surface area contributed by atoms with Crippen LogP contribution in [0.4, 0.5) is 11.4 Å². The van der Waals surface area contributed by atoms with E-state index in [-0.39, 0.29) is 5.91 Å². The first-order chi connectivity index (χ1) is 6.63. The molecule has 0 aromatic heterocycles. The zero-order valence-electron chi connectivity index (χ0n) is 7.91. The Morgan fingerprint density at radius 1 is 1.43 bits per heavy atom. The molecule has 0 bridgehead atoms. The summed E-state index contributed by atoms with van der Waals surface area (Å²) in [5.41, 5.74) is 12.2. The minimum Gasteiger partial charge on any atom is -0.495 e. The van der Waals surface area contributed by atoms with E-state index in [1.165, 1.54) is 0 Å². The lowest BCUT2D eigenvalue weighted by atomic mass is 10.2. The lowest BCUT2D eigenvalue weighted by molar-refractivity contribution is -0.110. The molecule has 0 atom stereocenters. The zero-order chi connectivity index (χ0) is 10.6. The largest absolute Gasteiger partial charge is 0.495 e. The van der Waals surface area contributed by atoms with Crippen molar-refractivity contribution >= 4 is 17.3 Å². The van der Waals surface area contributed by atoms with Crippen molar-refractivity contribution in [3.05, 3.63) is 18.2 Å². The Morgan fingerprint density at radius 3 is 2.36 bits per heavy atom. The topological polar surface area (TPSA) is 100 Å². The smallest absolute Gasteiger partial charge is 0.239 e. The standard InChI is InChI=1S/C7H10N2O.C2H3NO/c1-10-7-3-2-5(8)4-6(7)9;4-2-1-3-2/h2-4H,8-9H2,1H3;1H2,(H,3,4). The summed E-state index contributed by atoms with van der Waals surface area (Å²) in [7, 11) is 1.57. The van der Waals surface area contributed by atoms with Gasteiger partial charge < -0.3 is 21.5 Å². The van der Waals surface area contributed by atoms with E-state index in [1.807, 2.05) is 0 Å². The number of ether oxygens (including phenoxy) is 1. The second-order valence-corrected chi connectivity index (χ2v) is 2.78. The molecule has 76 valence electrons. The summed E-state index contributed by atoms with van der Waals surface area (Å²) < 4.78 is 4.92. The Morgan fingerprint density at radius 2 is 2.00 bits per heavy atom. The van der Waals surface area contributed by atoms with Crippen molar-refractivity contribution in [3.8, 4) is 5.75 Å². The monoisotopic (exact) mass is 195 g/mol. The molecular formula is C9H13N3O2. The third-order valence-corrected chi connectivity index (χ3v) is 1.57. The van der Waals surface area contributed by atoms with Gasteiger partial charge in [0.25, 0.3) is 0 Å². The van der Waals surface area contributed by atoms with Gasteiger partial charge in [-0.1, -0.05) is 0 Å². The molecule has 0 radical (unpaired) electrons. The summed E-state index contributed by atoms with van der Waals surface area (Å²) >= 11 is 0. The van der Waals surface area contributed by atoms with Gasteiger partial charge in [0.15, 0.2) is 0 Å². The van der Waals surface area contributed by atoms with Crippen molar-refractivity contribution in [1.82, 2.24) is 5.32 Å². The van der Waals surface area contributed by atoms with Crippen LogP contribution in [0.2, 0.25) is 0 Å². The fourth-order valence-electron chi connectivity index (χ4n) is 0.789. The summed E-state index contributed by atoms with van der Waals surface area (Å²) in [5.74, 6) is 0.828.